The summed E-state index contributed by atoms with van der Waals surface area (Å²) in [5.74, 6) is 1.16. The maximum Gasteiger partial charge on any atom is 0.319 e. The molecule has 0 saturated carbocycles. The second kappa shape index (κ2) is 9.59. The van der Waals surface area contributed by atoms with Gasteiger partial charge in [-0.25, -0.2) is 8.42 Å². The second-order valence-electron chi connectivity index (χ2n) is 11.5. The van der Waals surface area contributed by atoms with Crippen LogP contribution in [0, 0.1) is 6.92 Å². The summed E-state index contributed by atoms with van der Waals surface area (Å²) in [5, 5.41) is 13.4. The number of anilines is 1. The van der Waals surface area contributed by atoms with Gasteiger partial charge in [0.25, 0.3) is 0 Å². The van der Waals surface area contributed by atoms with E-state index in [4.69, 9.17) is 14.7 Å². The van der Waals surface area contributed by atoms with Crippen LogP contribution in [0.3, 0.4) is 0 Å². The van der Waals surface area contributed by atoms with Crippen molar-refractivity contribution in [1.82, 2.24) is 14.9 Å². The van der Waals surface area contributed by atoms with Gasteiger partial charge >= 0.3 is 6.01 Å². The number of nitrogens with zero attached hydrogens (tertiary/aromatic N) is 4. The van der Waals surface area contributed by atoms with E-state index in [1.54, 1.807) is 12.1 Å². The van der Waals surface area contributed by atoms with Gasteiger partial charge in [0, 0.05) is 18.5 Å². The topological polar surface area (TPSA) is 95.9 Å². The number of fused-ring (bicyclic) bond motifs is 3. The third kappa shape index (κ3) is 4.36. The molecule has 0 radical (unpaired) electrons. The first-order chi connectivity index (χ1) is 19.3. The van der Waals surface area contributed by atoms with Crippen molar-refractivity contribution in [2.75, 3.05) is 49.2 Å². The summed E-state index contributed by atoms with van der Waals surface area (Å²) in [6.07, 6.45) is 4.64. The molecular weight excluding hydrogens is 524 g/mol. The zero-order valence-electron chi connectivity index (χ0n) is 22.8. The van der Waals surface area contributed by atoms with E-state index >= 15 is 0 Å². The summed E-state index contributed by atoms with van der Waals surface area (Å²) in [5.41, 5.74) is 3.73. The van der Waals surface area contributed by atoms with Gasteiger partial charge in [-0.2, -0.15) is 9.97 Å². The van der Waals surface area contributed by atoms with E-state index in [0.29, 0.717) is 25.7 Å². The van der Waals surface area contributed by atoms with E-state index < -0.39 is 9.84 Å². The van der Waals surface area contributed by atoms with Crippen LogP contribution in [0.1, 0.15) is 31.2 Å². The Hall–Kier alpha value is -3.43. The van der Waals surface area contributed by atoms with Crippen LogP contribution in [0.15, 0.2) is 48.5 Å². The van der Waals surface area contributed by atoms with E-state index in [1.165, 1.54) is 12.8 Å². The van der Waals surface area contributed by atoms with Gasteiger partial charge in [0.1, 0.15) is 18.2 Å². The van der Waals surface area contributed by atoms with E-state index in [9.17, 15) is 13.5 Å². The highest BCUT2D eigenvalue weighted by Gasteiger charge is 2.45. The summed E-state index contributed by atoms with van der Waals surface area (Å²) in [7, 11) is -3.04. The lowest BCUT2D eigenvalue weighted by Crippen LogP contribution is -2.43. The molecule has 0 amide bonds. The fraction of sp³-hybridized carbons (Fsp3) is 0.419. The first-order valence-corrected chi connectivity index (χ1v) is 16.0. The van der Waals surface area contributed by atoms with Gasteiger partial charge in [-0.15, -0.1) is 0 Å². The highest BCUT2D eigenvalue weighted by atomic mass is 32.2. The molecule has 1 aromatic heterocycles. The summed E-state index contributed by atoms with van der Waals surface area (Å²) < 4.78 is 30.8. The zero-order valence-corrected chi connectivity index (χ0v) is 23.6. The standard InChI is InChI=1S/C31H34N4O4S/c1-21-24(27-19-23(36)18-22-6-2-3-7-25(22)27)8-9-26-28(21)32-30(33-29(26)34-14-16-40(37,38)17-15-34)39-20-31-10-4-12-35(31)13-5-11-31/h2-3,6-9,18-19,36H,4-5,10-17,20H2,1H3. The molecule has 7 rings (SSSR count). The Labute approximate surface area is 234 Å². The minimum Gasteiger partial charge on any atom is -0.508 e. The number of aromatic hydroxyl groups is 1. The highest BCUT2D eigenvalue weighted by Crippen LogP contribution is 2.41. The highest BCUT2D eigenvalue weighted by molar-refractivity contribution is 7.91. The second-order valence-corrected chi connectivity index (χ2v) is 13.8. The third-order valence-corrected chi connectivity index (χ3v) is 10.8. The van der Waals surface area contributed by atoms with Crippen LogP contribution >= 0.6 is 0 Å². The normalized spacial score (nSPS) is 20.3. The summed E-state index contributed by atoms with van der Waals surface area (Å²) in [6, 6.07) is 16.0. The van der Waals surface area contributed by atoms with Gasteiger partial charge < -0.3 is 14.7 Å². The fourth-order valence-corrected chi connectivity index (χ4v) is 8.20. The van der Waals surface area contributed by atoms with Gasteiger partial charge in [-0.05, 0) is 91.4 Å². The monoisotopic (exact) mass is 558 g/mol. The van der Waals surface area contributed by atoms with Crippen molar-refractivity contribution in [3.8, 4) is 22.9 Å². The molecule has 3 fully saturated rings. The van der Waals surface area contributed by atoms with Crippen LogP contribution in [-0.2, 0) is 9.84 Å². The van der Waals surface area contributed by atoms with Crippen molar-refractivity contribution in [3.63, 3.8) is 0 Å². The van der Waals surface area contributed by atoms with E-state index in [-0.39, 0.29) is 22.8 Å². The molecule has 0 spiro atoms. The lowest BCUT2D eigenvalue weighted by molar-refractivity contribution is 0.108. The molecular formula is C31H34N4O4S. The molecule has 3 aliphatic rings. The third-order valence-electron chi connectivity index (χ3n) is 9.14. The fourth-order valence-electron chi connectivity index (χ4n) is 7.00. The summed E-state index contributed by atoms with van der Waals surface area (Å²) in [4.78, 5) is 14.5. The Morgan fingerprint density at radius 3 is 2.45 bits per heavy atom. The minimum absolute atomic E-state index is 0.0645. The number of benzene rings is 3. The minimum atomic E-state index is -3.04. The number of hydrogen-bond donors (Lipinski definition) is 1. The quantitative estimate of drug-likeness (QED) is 0.377. The molecule has 4 aromatic rings. The van der Waals surface area contributed by atoms with E-state index in [1.807, 2.05) is 31.2 Å². The Morgan fingerprint density at radius 2 is 1.68 bits per heavy atom. The molecule has 3 aliphatic heterocycles. The van der Waals surface area contributed by atoms with Crippen LogP contribution in [0.2, 0.25) is 0 Å². The van der Waals surface area contributed by atoms with Crippen molar-refractivity contribution in [1.29, 1.82) is 0 Å². The van der Waals surface area contributed by atoms with Crippen LogP contribution in [0.25, 0.3) is 32.8 Å². The molecule has 208 valence electrons. The molecule has 40 heavy (non-hydrogen) atoms. The van der Waals surface area contributed by atoms with Crippen molar-refractivity contribution >= 4 is 37.3 Å². The Balaban J connectivity index is 1.35. The number of ether oxygens (including phenoxy) is 1. The van der Waals surface area contributed by atoms with E-state index in [2.05, 4.69) is 21.9 Å². The number of aryl methyl sites for hydroxylation is 1. The smallest absolute Gasteiger partial charge is 0.319 e. The van der Waals surface area contributed by atoms with Crippen molar-refractivity contribution in [3.05, 3.63) is 54.1 Å². The maximum absolute atomic E-state index is 12.2. The van der Waals surface area contributed by atoms with Gasteiger partial charge in [0.2, 0.25) is 0 Å². The number of phenolic OH excluding ortho intramolecular Hbond substituents is 1. The van der Waals surface area contributed by atoms with Crippen LogP contribution in [0.5, 0.6) is 11.8 Å². The number of sulfone groups is 1. The van der Waals surface area contributed by atoms with Crippen molar-refractivity contribution in [2.24, 2.45) is 0 Å². The predicted octanol–water partition coefficient (Wildman–Crippen LogP) is 4.71. The molecule has 0 bridgehead atoms. The molecule has 3 saturated heterocycles. The SMILES string of the molecule is Cc1c(-c2cc(O)cc3ccccc23)ccc2c(N3CCS(=O)(=O)CC3)nc(OCC34CCCN3CCC4)nc12. The molecule has 3 aromatic carbocycles. The van der Waals surface area contributed by atoms with Gasteiger partial charge in [-0.1, -0.05) is 30.3 Å². The molecule has 4 heterocycles. The van der Waals surface area contributed by atoms with Crippen molar-refractivity contribution in [2.45, 2.75) is 38.1 Å². The molecule has 0 unspecified atom stereocenters. The maximum atomic E-state index is 12.2. The summed E-state index contributed by atoms with van der Waals surface area (Å²) in [6.45, 7) is 5.63. The molecule has 1 N–H and O–H groups in total. The molecule has 8 nitrogen and oxygen atoms in total. The molecule has 9 heteroatoms. The van der Waals surface area contributed by atoms with Gasteiger partial charge in [-0.3, -0.25) is 4.90 Å². The number of rotatable bonds is 5. The van der Waals surface area contributed by atoms with E-state index in [0.717, 1.165) is 70.1 Å². The predicted molar refractivity (Wildman–Crippen MR) is 158 cm³/mol. The van der Waals surface area contributed by atoms with Crippen LogP contribution in [-0.4, -0.2) is 78.2 Å². The number of aromatic nitrogens is 2. The number of hydrogen-bond acceptors (Lipinski definition) is 8. The summed E-state index contributed by atoms with van der Waals surface area (Å²) >= 11 is 0. The first-order valence-electron chi connectivity index (χ1n) is 14.2. The Kier molecular flexibility index (Phi) is 6.12. The largest absolute Gasteiger partial charge is 0.508 e. The molecule has 0 aliphatic carbocycles. The first kappa shape index (κ1) is 25.5. The van der Waals surface area contributed by atoms with Crippen LogP contribution < -0.4 is 9.64 Å². The Morgan fingerprint density at radius 1 is 0.925 bits per heavy atom. The lowest BCUT2D eigenvalue weighted by atomic mass is 9.93. The average molecular weight is 559 g/mol. The average Bonchev–Trinajstić information content (AvgIpc) is 3.52. The van der Waals surface area contributed by atoms with Crippen LogP contribution in [0.4, 0.5) is 5.82 Å². The molecule has 0 atom stereocenters. The Bertz CT molecular complexity index is 1710. The zero-order chi connectivity index (χ0) is 27.5. The van der Waals surface area contributed by atoms with Gasteiger partial charge in [0.05, 0.1) is 22.6 Å². The van der Waals surface area contributed by atoms with Crippen molar-refractivity contribution < 1.29 is 18.3 Å². The van der Waals surface area contributed by atoms with Gasteiger partial charge in [0.15, 0.2) is 9.84 Å². The lowest BCUT2D eigenvalue weighted by Gasteiger charge is -2.32. The number of phenols is 1.